The molecule has 1 amide bonds. The Morgan fingerprint density at radius 2 is 2.18 bits per heavy atom. The molecule has 0 spiro atoms. The summed E-state index contributed by atoms with van der Waals surface area (Å²) in [5.74, 6) is 5.39. The number of anilines is 1. The molecule has 1 aromatic heterocycles. The highest BCUT2D eigenvalue weighted by Crippen LogP contribution is 2.07. The lowest BCUT2D eigenvalue weighted by Gasteiger charge is -2.18. The number of hydrogen-bond donors (Lipinski definition) is 2. The van der Waals surface area contributed by atoms with Gasteiger partial charge in [0.15, 0.2) is 0 Å². The lowest BCUT2D eigenvalue weighted by Crippen LogP contribution is -2.34. The van der Waals surface area contributed by atoms with Gasteiger partial charge in [0.05, 0.1) is 17.9 Å². The number of hydrazine groups is 1. The minimum atomic E-state index is 0.0700. The second-order valence-corrected chi connectivity index (χ2v) is 4.14. The van der Waals surface area contributed by atoms with Gasteiger partial charge in [0, 0.05) is 26.8 Å². The molecule has 6 heteroatoms. The van der Waals surface area contributed by atoms with E-state index in [9.17, 15) is 4.79 Å². The van der Waals surface area contributed by atoms with E-state index in [1.165, 1.54) is 0 Å². The van der Waals surface area contributed by atoms with Gasteiger partial charge in [-0.2, -0.15) is 0 Å². The van der Waals surface area contributed by atoms with Crippen molar-refractivity contribution in [3.63, 3.8) is 0 Å². The van der Waals surface area contributed by atoms with Crippen molar-refractivity contribution in [2.75, 3.05) is 33.1 Å². The van der Waals surface area contributed by atoms with Gasteiger partial charge in [0.1, 0.15) is 0 Å². The minimum absolute atomic E-state index is 0.0700. The first-order valence-electron chi connectivity index (χ1n) is 5.33. The predicted octanol–water partition coefficient (Wildman–Crippen LogP) is -0.113. The second-order valence-electron chi connectivity index (χ2n) is 4.14. The topological polar surface area (TPSA) is 74.5 Å². The Labute approximate surface area is 101 Å². The van der Waals surface area contributed by atoms with Gasteiger partial charge < -0.3 is 10.3 Å². The molecule has 0 aliphatic carbocycles. The number of nitrogen functional groups attached to an aromatic ring is 1. The molecule has 0 fully saturated rings. The summed E-state index contributed by atoms with van der Waals surface area (Å²) in [5.41, 5.74) is 4.24. The lowest BCUT2D eigenvalue weighted by atomic mass is 10.3. The highest BCUT2D eigenvalue weighted by atomic mass is 16.2. The highest BCUT2D eigenvalue weighted by Gasteiger charge is 2.09. The Hall–Kier alpha value is -1.66. The Bertz CT molecular complexity index is 380. The van der Waals surface area contributed by atoms with Crippen LogP contribution >= 0.6 is 0 Å². The molecule has 0 unspecified atom stereocenters. The van der Waals surface area contributed by atoms with Gasteiger partial charge in [-0.3, -0.25) is 20.5 Å². The number of carbonyl (C=O) groups is 1. The van der Waals surface area contributed by atoms with Crippen LogP contribution in [0, 0.1) is 0 Å². The number of likely N-dealkylation sites (N-methyl/N-ethyl adjacent to an activating group) is 2. The molecule has 94 valence electrons. The third-order valence-electron chi connectivity index (χ3n) is 2.32. The molecule has 17 heavy (non-hydrogen) atoms. The summed E-state index contributed by atoms with van der Waals surface area (Å²) in [6, 6.07) is 3.64. The maximum atomic E-state index is 11.5. The molecular weight excluding hydrogens is 218 g/mol. The number of rotatable bonds is 5. The van der Waals surface area contributed by atoms with Crippen LogP contribution < -0.4 is 11.3 Å². The van der Waals surface area contributed by atoms with Crippen molar-refractivity contribution in [2.24, 2.45) is 5.84 Å². The van der Waals surface area contributed by atoms with E-state index >= 15 is 0 Å². The van der Waals surface area contributed by atoms with Gasteiger partial charge in [-0.15, -0.1) is 0 Å². The van der Waals surface area contributed by atoms with E-state index in [0.717, 1.165) is 11.4 Å². The largest absolute Gasteiger partial charge is 0.348 e. The third kappa shape index (κ3) is 4.38. The monoisotopic (exact) mass is 237 g/mol. The first kappa shape index (κ1) is 13.4. The number of nitrogens with zero attached hydrogens (tertiary/aromatic N) is 3. The van der Waals surface area contributed by atoms with Crippen LogP contribution in [-0.2, 0) is 11.3 Å². The van der Waals surface area contributed by atoms with Crippen LogP contribution in [0.25, 0.3) is 0 Å². The fourth-order valence-corrected chi connectivity index (χ4v) is 1.36. The van der Waals surface area contributed by atoms with Gasteiger partial charge in [-0.25, -0.2) is 0 Å². The van der Waals surface area contributed by atoms with Crippen LogP contribution in [0.2, 0.25) is 0 Å². The first-order chi connectivity index (χ1) is 8.02. The molecule has 1 rings (SSSR count). The number of nitrogens with two attached hydrogens (primary N) is 1. The second kappa shape index (κ2) is 6.17. The van der Waals surface area contributed by atoms with E-state index < -0.39 is 0 Å². The zero-order valence-corrected chi connectivity index (χ0v) is 10.5. The molecule has 1 aromatic rings. The van der Waals surface area contributed by atoms with Gasteiger partial charge in [-0.05, 0) is 19.2 Å². The van der Waals surface area contributed by atoms with E-state index in [2.05, 4.69) is 10.4 Å². The summed E-state index contributed by atoms with van der Waals surface area (Å²) in [6.45, 7) is 0.976. The van der Waals surface area contributed by atoms with E-state index in [0.29, 0.717) is 13.1 Å². The molecule has 1 heterocycles. The lowest BCUT2D eigenvalue weighted by molar-refractivity contribution is -0.129. The fourth-order valence-electron chi connectivity index (χ4n) is 1.36. The van der Waals surface area contributed by atoms with Crippen molar-refractivity contribution in [1.82, 2.24) is 14.8 Å². The summed E-state index contributed by atoms with van der Waals surface area (Å²) < 4.78 is 0. The van der Waals surface area contributed by atoms with Crippen molar-refractivity contribution >= 4 is 11.6 Å². The number of carbonyl (C=O) groups excluding carboxylic acids is 1. The molecular formula is C11H19N5O. The summed E-state index contributed by atoms with van der Waals surface area (Å²) in [7, 11) is 5.37. The number of pyridine rings is 1. The SMILES string of the molecule is CN(CC(=O)N(C)C)Cc1cc(NN)ccn1. The van der Waals surface area contributed by atoms with Crippen molar-refractivity contribution in [3.05, 3.63) is 24.0 Å². The quantitative estimate of drug-likeness (QED) is 0.552. The summed E-state index contributed by atoms with van der Waals surface area (Å²) in [5, 5.41) is 0. The maximum Gasteiger partial charge on any atom is 0.236 e. The average molecular weight is 237 g/mol. The van der Waals surface area contributed by atoms with Crippen LogP contribution in [0.3, 0.4) is 0 Å². The van der Waals surface area contributed by atoms with Crippen LogP contribution in [0.15, 0.2) is 18.3 Å². The molecule has 0 bridgehead atoms. The van der Waals surface area contributed by atoms with Crippen molar-refractivity contribution in [1.29, 1.82) is 0 Å². The standard InChI is InChI=1S/C11H19N5O/c1-15(2)11(17)8-16(3)7-10-6-9(14-12)4-5-13-10/h4-6H,7-8,12H2,1-3H3,(H,13,14). The van der Waals surface area contributed by atoms with E-state index in [1.54, 1.807) is 31.3 Å². The Morgan fingerprint density at radius 3 is 2.76 bits per heavy atom. The molecule has 0 radical (unpaired) electrons. The number of amides is 1. The molecule has 0 saturated heterocycles. The highest BCUT2D eigenvalue weighted by molar-refractivity contribution is 5.77. The van der Waals surface area contributed by atoms with E-state index in [1.807, 2.05) is 18.0 Å². The predicted molar refractivity (Wildman–Crippen MR) is 67.1 cm³/mol. The van der Waals surface area contributed by atoms with Crippen molar-refractivity contribution < 1.29 is 4.79 Å². The zero-order chi connectivity index (χ0) is 12.8. The van der Waals surface area contributed by atoms with Crippen LogP contribution in [-0.4, -0.2) is 48.4 Å². The fraction of sp³-hybridized carbons (Fsp3) is 0.455. The summed E-state index contributed by atoms with van der Waals surface area (Å²) in [4.78, 5) is 19.2. The average Bonchev–Trinajstić information content (AvgIpc) is 2.28. The van der Waals surface area contributed by atoms with Gasteiger partial charge >= 0.3 is 0 Å². The van der Waals surface area contributed by atoms with E-state index in [4.69, 9.17) is 5.84 Å². The first-order valence-corrected chi connectivity index (χ1v) is 5.33. The Kier molecular flexibility index (Phi) is 4.86. The molecule has 0 saturated carbocycles. The smallest absolute Gasteiger partial charge is 0.236 e. The third-order valence-corrected chi connectivity index (χ3v) is 2.32. The number of nitrogens with one attached hydrogen (secondary N) is 1. The normalized spacial score (nSPS) is 10.4. The Balaban J connectivity index is 2.55. The van der Waals surface area contributed by atoms with Crippen molar-refractivity contribution in [3.8, 4) is 0 Å². The van der Waals surface area contributed by atoms with Gasteiger partial charge in [-0.1, -0.05) is 0 Å². The van der Waals surface area contributed by atoms with Crippen LogP contribution in [0.5, 0.6) is 0 Å². The van der Waals surface area contributed by atoms with Crippen LogP contribution in [0.4, 0.5) is 5.69 Å². The summed E-state index contributed by atoms with van der Waals surface area (Å²) >= 11 is 0. The minimum Gasteiger partial charge on any atom is -0.348 e. The molecule has 0 atom stereocenters. The van der Waals surface area contributed by atoms with Crippen LogP contribution in [0.1, 0.15) is 5.69 Å². The van der Waals surface area contributed by atoms with Gasteiger partial charge in [0.2, 0.25) is 5.91 Å². The van der Waals surface area contributed by atoms with E-state index in [-0.39, 0.29) is 5.91 Å². The van der Waals surface area contributed by atoms with Gasteiger partial charge in [0.25, 0.3) is 0 Å². The number of aromatic nitrogens is 1. The maximum absolute atomic E-state index is 11.5. The molecule has 0 aliphatic rings. The van der Waals surface area contributed by atoms with Crippen molar-refractivity contribution in [2.45, 2.75) is 6.54 Å². The summed E-state index contributed by atoms with van der Waals surface area (Å²) in [6.07, 6.45) is 1.69. The zero-order valence-electron chi connectivity index (χ0n) is 10.5. The number of hydrogen-bond acceptors (Lipinski definition) is 5. The molecule has 3 N–H and O–H groups in total. The Morgan fingerprint density at radius 1 is 1.47 bits per heavy atom. The molecule has 0 aliphatic heterocycles. The molecule has 6 nitrogen and oxygen atoms in total. The molecule has 0 aromatic carbocycles.